The first-order valence-corrected chi connectivity index (χ1v) is 11.9. The number of rotatable bonds is 10. The summed E-state index contributed by atoms with van der Waals surface area (Å²) < 4.78 is 17.5. The fraction of sp³-hybridized carbons (Fsp3) is 0.259. The lowest BCUT2D eigenvalue weighted by molar-refractivity contribution is -0.153. The number of carboxylic acids is 1. The molecule has 0 amide bonds. The van der Waals surface area contributed by atoms with Crippen LogP contribution >= 0.6 is 11.3 Å². The lowest BCUT2D eigenvalue weighted by atomic mass is 9.96. The van der Waals surface area contributed by atoms with Crippen LogP contribution in [0.15, 0.2) is 71.1 Å². The number of benzene rings is 2. The number of nitrogens with zero attached hydrogens (tertiary/aromatic N) is 1. The highest BCUT2D eigenvalue weighted by molar-refractivity contribution is 7.15. The molecule has 0 saturated heterocycles. The van der Waals surface area contributed by atoms with E-state index in [1.165, 1.54) is 4.88 Å². The molecule has 0 aliphatic carbocycles. The maximum Gasteiger partial charge on any atom is 0.348 e. The predicted octanol–water partition coefficient (Wildman–Crippen LogP) is 6.11. The molecule has 1 N–H and O–H groups in total. The molecule has 4 aromatic rings. The normalized spacial score (nSPS) is 12.8. The second kappa shape index (κ2) is 10.1. The van der Waals surface area contributed by atoms with Crippen LogP contribution in [0.1, 0.15) is 28.8 Å². The molecule has 176 valence electrons. The molecule has 34 heavy (non-hydrogen) atoms. The van der Waals surface area contributed by atoms with Gasteiger partial charge in [0.1, 0.15) is 17.3 Å². The summed E-state index contributed by atoms with van der Waals surface area (Å²) in [6, 6.07) is 20.5. The van der Waals surface area contributed by atoms with Gasteiger partial charge in [0.15, 0.2) is 0 Å². The van der Waals surface area contributed by atoms with Crippen molar-refractivity contribution in [2.24, 2.45) is 0 Å². The quantitative estimate of drug-likeness (QED) is 0.297. The van der Waals surface area contributed by atoms with E-state index in [2.05, 4.69) is 18.0 Å². The zero-order valence-corrected chi connectivity index (χ0v) is 20.2. The summed E-state index contributed by atoms with van der Waals surface area (Å²) in [4.78, 5) is 18.8. The van der Waals surface area contributed by atoms with Gasteiger partial charge in [0, 0.05) is 17.7 Å². The van der Waals surface area contributed by atoms with E-state index in [0.29, 0.717) is 30.4 Å². The Morgan fingerprint density at radius 3 is 2.41 bits per heavy atom. The Bertz CT molecular complexity index is 1250. The third-order valence-electron chi connectivity index (χ3n) is 5.45. The minimum atomic E-state index is -1.38. The summed E-state index contributed by atoms with van der Waals surface area (Å²) in [5.74, 6) is 1.66. The highest BCUT2D eigenvalue weighted by atomic mass is 32.1. The molecule has 0 spiro atoms. The molecule has 0 bridgehead atoms. The first-order valence-electron chi connectivity index (χ1n) is 11.0. The van der Waals surface area contributed by atoms with Gasteiger partial charge in [0.25, 0.3) is 0 Å². The Labute approximate surface area is 202 Å². The van der Waals surface area contributed by atoms with Gasteiger partial charge >= 0.3 is 5.97 Å². The largest absolute Gasteiger partial charge is 0.493 e. The molecule has 2 aromatic carbocycles. The minimum absolute atomic E-state index is 0.223. The molecule has 0 aliphatic rings. The second-order valence-electron chi connectivity index (χ2n) is 8.30. The number of carbonyl (C=O) groups is 1. The zero-order valence-electron chi connectivity index (χ0n) is 19.4. The van der Waals surface area contributed by atoms with Crippen LogP contribution in [0.3, 0.4) is 0 Å². The Morgan fingerprint density at radius 1 is 1.03 bits per heavy atom. The smallest absolute Gasteiger partial charge is 0.348 e. The van der Waals surface area contributed by atoms with Crippen LogP contribution in [0.4, 0.5) is 0 Å². The van der Waals surface area contributed by atoms with E-state index in [0.717, 1.165) is 21.9 Å². The van der Waals surface area contributed by atoms with Crippen LogP contribution in [-0.2, 0) is 17.6 Å². The highest BCUT2D eigenvalue weighted by Gasteiger charge is 2.36. The Hall–Kier alpha value is -3.58. The van der Waals surface area contributed by atoms with Crippen molar-refractivity contribution in [1.29, 1.82) is 0 Å². The third kappa shape index (κ3) is 5.66. The Balaban J connectivity index is 1.34. The van der Waals surface area contributed by atoms with E-state index in [1.54, 1.807) is 30.4 Å². The van der Waals surface area contributed by atoms with Crippen LogP contribution in [0.25, 0.3) is 10.8 Å². The van der Waals surface area contributed by atoms with Crippen LogP contribution in [-0.4, -0.2) is 28.3 Å². The van der Waals surface area contributed by atoms with Gasteiger partial charge in [-0.3, -0.25) is 0 Å². The number of thiophene rings is 1. The maximum absolute atomic E-state index is 11.9. The number of hydrogen-bond donors (Lipinski definition) is 1. The SMILES string of the molecule is Cc1ccc(-c2nc(CCOc3ccc(C[C@](C)(Oc4ccccc4)C(=O)O)cc3)c(C)o2)s1. The summed E-state index contributed by atoms with van der Waals surface area (Å²) >= 11 is 1.66. The molecule has 0 radical (unpaired) electrons. The number of aryl methyl sites for hydroxylation is 2. The van der Waals surface area contributed by atoms with Crippen LogP contribution in [0.2, 0.25) is 0 Å². The van der Waals surface area contributed by atoms with Crippen molar-refractivity contribution in [3.8, 4) is 22.3 Å². The lowest BCUT2D eigenvalue weighted by Gasteiger charge is -2.26. The number of oxazole rings is 1. The molecule has 1 atom stereocenters. The zero-order chi connectivity index (χ0) is 24.1. The van der Waals surface area contributed by atoms with Crippen molar-refractivity contribution in [2.75, 3.05) is 6.61 Å². The minimum Gasteiger partial charge on any atom is -0.493 e. The van der Waals surface area contributed by atoms with Gasteiger partial charge in [-0.1, -0.05) is 30.3 Å². The molecule has 2 heterocycles. The van der Waals surface area contributed by atoms with Crippen molar-refractivity contribution >= 4 is 17.3 Å². The number of carboxylic acid groups (broad SMARTS) is 1. The lowest BCUT2D eigenvalue weighted by Crippen LogP contribution is -2.43. The topological polar surface area (TPSA) is 81.8 Å². The van der Waals surface area contributed by atoms with Crippen molar-refractivity contribution in [3.63, 3.8) is 0 Å². The van der Waals surface area contributed by atoms with Gasteiger partial charge in [-0.25, -0.2) is 9.78 Å². The summed E-state index contributed by atoms with van der Waals surface area (Å²) in [7, 11) is 0. The highest BCUT2D eigenvalue weighted by Crippen LogP contribution is 2.29. The first-order chi connectivity index (χ1) is 16.3. The number of aromatic nitrogens is 1. The van der Waals surface area contributed by atoms with Crippen LogP contribution in [0.5, 0.6) is 11.5 Å². The number of hydrogen-bond acceptors (Lipinski definition) is 6. The van der Waals surface area contributed by atoms with Gasteiger partial charge < -0.3 is 19.0 Å². The van der Waals surface area contributed by atoms with Gasteiger partial charge in [-0.2, -0.15) is 0 Å². The number of ether oxygens (including phenoxy) is 2. The molecule has 7 heteroatoms. The average molecular weight is 478 g/mol. The molecular weight excluding hydrogens is 450 g/mol. The Kier molecular flexibility index (Phi) is 7.03. The van der Waals surface area contributed by atoms with E-state index < -0.39 is 11.6 Å². The van der Waals surface area contributed by atoms with Crippen molar-refractivity contribution in [1.82, 2.24) is 4.98 Å². The van der Waals surface area contributed by atoms with Gasteiger partial charge in [0.2, 0.25) is 11.5 Å². The van der Waals surface area contributed by atoms with E-state index >= 15 is 0 Å². The molecule has 6 nitrogen and oxygen atoms in total. The van der Waals surface area contributed by atoms with Gasteiger partial charge in [0.05, 0.1) is 17.2 Å². The van der Waals surface area contributed by atoms with Crippen LogP contribution < -0.4 is 9.47 Å². The van der Waals surface area contributed by atoms with Crippen molar-refractivity contribution in [2.45, 2.75) is 39.2 Å². The monoisotopic (exact) mass is 477 g/mol. The standard InChI is InChI=1S/C27H27NO5S/c1-18-9-14-24(34-18)25-28-23(19(2)32-25)15-16-31-21-12-10-20(11-13-21)17-27(3,26(29)30)33-22-7-5-4-6-8-22/h4-14H,15-17H2,1-3H3,(H,29,30)/t27-/m0/s1. The molecule has 0 saturated carbocycles. The maximum atomic E-state index is 11.9. The van der Waals surface area contributed by atoms with E-state index in [4.69, 9.17) is 13.9 Å². The number of aliphatic carboxylic acids is 1. The molecule has 2 aromatic heterocycles. The first kappa shape index (κ1) is 23.6. The summed E-state index contributed by atoms with van der Waals surface area (Å²) in [5.41, 5.74) is 0.344. The van der Waals surface area contributed by atoms with E-state index in [9.17, 15) is 9.90 Å². The van der Waals surface area contributed by atoms with Crippen molar-refractivity contribution in [3.05, 3.63) is 88.6 Å². The Morgan fingerprint density at radius 2 is 1.76 bits per heavy atom. The molecule has 0 aliphatic heterocycles. The van der Waals surface area contributed by atoms with Crippen LogP contribution in [0, 0.1) is 13.8 Å². The summed E-state index contributed by atoms with van der Waals surface area (Å²) in [6.45, 7) is 6.01. The van der Waals surface area contributed by atoms with Gasteiger partial charge in [-0.15, -0.1) is 11.3 Å². The fourth-order valence-corrected chi connectivity index (χ4v) is 4.37. The predicted molar refractivity (Wildman–Crippen MR) is 132 cm³/mol. The molecule has 4 rings (SSSR count). The van der Waals surface area contributed by atoms with E-state index in [1.807, 2.05) is 55.5 Å². The average Bonchev–Trinajstić information content (AvgIpc) is 3.41. The summed E-state index contributed by atoms with van der Waals surface area (Å²) in [5, 5.41) is 9.77. The summed E-state index contributed by atoms with van der Waals surface area (Å²) in [6.07, 6.45) is 0.851. The van der Waals surface area contributed by atoms with Crippen molar-refractivity contribution < 1.29 is 23.8 Å². The molecule has 0 fully saturated rings. The number of para-hydroxylation sites is 1. The second-order valence-corrected chi connectivity index (χ2v) is 9.59. The third-order valence-corrected chi connectivity index (χ3v) is 6.44. The van der Waals surface area contributed by atoms with Gasteiger partial charge in [-0.05, 0) is 62.7 Å². The molecular formula is C27H27NO5S. The molecule has 0 unspecified atom stereocenters. The van der Waals surface area contributed by atoms with E-state index in [-0.39, 0.29) is 6.42 Å². The fourth-order valence-electron chi connectivity index (χ4n) is 3.58.